The fourth-order valence-corrected chi connectivity index (χ4v) is 3.74. The SMILES string of the molecule is Cc1cccc(C)c1N(CC(=O)N/N=C\c1ccccc1C(F)(F)F)S(C)(=O)=O. The largest absolute Gasteiger partial charge is 0.417 e. The van der Waals surface area contributed by atoms with Crippen LogP contribution in [-0.2, 0) is 21.0 Å². The van der Waals surface area contributed by atoms with Gasteiger partial charge in [-0.25, -0.2) is 13.8 Å². The Balaban J connectivity index is 2.20. The fourth-order valence-electron chi connectivity index (χ4n) is 2.77. The van der Waals surface area contributed by atoms with Crippen LogP contribution in [-0.4, -0.2) is 33.3 Å². The normalized spacial score (nSPS) is 12.2. The summed E-state index contributed by atoms with van der Waals surface area (Å²) in [6.07, 6.45) is -2.73. The maximum atomic E-state index is 13.0. The number of carbonyl (C=O) groups is 1. The van der Waals surface area contributed by atoms with E-state index >= 15 is 0 Å². The third kappa shape index (κ3) is 5.80. The Bertz CT molecular complexity index is 1010. The predicted molar refractivity (Wildman–Crippen MR) is 105 cm³/mol. The summed E-state index contributed by atoms with van der Waals surface area (Å²) >= 11 is 0. The number of nitrogens with one attached hydrogen (secondary N) is 1. The van der Waals surface area contributed by atoms with Crippen molar-refractivity contribution >= 4 is 27.8 Å². The predicted octanol–water partition coefficient (Wildman–Crippen LogP) is 3.24. The molecular weight excluding hydrogens is 407 g/mol. The molecule has 0 saturated carbocycles. The van der Waals surface area contributed by atoms with Crippen LogP contribution in [0.1, 0.15) is 22.3 Å². The summed E-state index contributed by atoms with van der Waals surface area (Å²) in [4.78, 5) is 12.2. The van der Waals surface area contributed by atoms with E-state index in [0.29, 0.717) is 16.8 Å². The second-order valence-electron chi connectivity index (χ2n) is 6.39. The monoisotopic (exact) mass is 427 g/mol. The maximum Gasteiger partial charge on any atom is 0.417 e. The van der Waals surface area contributed by atoms with E-state index in [2.05, 4.69) is 10.5 Å². The smallest absolute Gasteiger partial charge is 0.271 e. The molecule has 156 valence electrons. The second kappa shape index (κ2) is 8.64. The molecule has 0 aromatic heterocycles. The van der Waals surface area contributed by atoms with Crippen LogP contribution in [0.15, 0.2) is 47.6 Å². The highest BCUT2D eigenvalue weighted by Crippen LogP contribution is 2.31. The van der Waals surface area contributed by atoms with Crippen molar-refractivity contribution < 1.29 is 26.4 Å². The summed E-state index contributed by atoms with van der Waals surface area (Å²) in [5.41, 5.74) is 2.64. The Kier molecular flexibility index (Phi) is 6.68. The molecule has 0 fully saturated rings. The van der Waals surface area contributed by atoms with Crippen molar-refractivity contribution in [2.24, 2.45) is 5.10 Å². The van der Waals surface area contributed by atoms with Crippen molar-refractivity contribution in [2.45, 2.75) is 20.0 Å². The number of para-hydroxylation sites is 1. The Morgan fingerprint density at radius 1 is 1.10 bits per heavy atom. The van der Waals surface area contributed by atoms with Gasteiger partial charge in [0.1, 0.15) is 6.54 Å². The topological polar surface area (TPSA) is 78.8 Å². The molecule has 0 spiro atoms. The van der Waals surface area contributed by atoms with Gasteiger partial charge >= 0.3 is 6.18 Å². The molecule has 10 heteroatoms. The van der Waals surface area contributed by atoms with Crippen LogP contribution >= 0.6 is 0 Å². The standard InChI is InChI=1S/C19H20F3N3O3S/c1-13-7-6-8-14(2)18(13)25(29(3,27)28)12-17(26)24-23-11-15-9-4-5-10-16(15)19(20,21)22/h4-11H,12H2,1-3H3,(H,24,26)/b23-11-. The number of aryl methyl sites for hydroxylation is 2. The number of hydrogen-bond donors (Lipinski definition) is 1. The first-order valence-corrected chi connectivity index (χ1v) is 10.3. The molecule has 6 nitrogen and oxygen atoms in total. The van der Waals surface area contributed by atoms with Gasteiger partial charge in [0.25, 0.3) is 5.91 Å². The van der Waals surface area contributed by atoms with Gasteiger partial charge in [0.15, 0.2) is 0 Å². The number of amides is 1. The maximum absolute atomic E-state index is 13.0. The number of alkyl halides is 3. The minimum absolute atomic E-state index is 0.227. The molecule has 1 N–H and O–H groups in total. The Hall–Kier alpha value is -2.88. The summed E-state index contributed by atoms with van der Waals surface area (Å²) in [5.74, 6) is -0.793. The highest BCUT2D eigenvalue weighted by atomic mass is 32.2. The van der Waals surface area contributed by atoms with E-state index in [-0.39, 0.29) is 5.56 Å². The van der Waals surface area contributed by atoms with Crippen LogP contribution in [0.2, 0.25) is 0 Å². The van der Waals surface area contributed by atoms with Crippen molar-refractivity contribution in [3.05, 3.63) is 64.7 Å². The first kappa shape index (κ1) is 22.4. The Morgan fingerprint density at radius 2 is 1.69 bits per heavy atom. The summed E-state index contributed by atoms with van der Waals surface area (Å²) < 4.78 is 64.3. The molecule has 0 aliphatic rings. The number of rotatable bonds is 6. The van der Waals surface area contributed by atoms with Gasteiger partial charge in [0.05, 0.1) is 23.7 Å². The molecule has 0 unspecified atom stereocenters. The number of nitrogens with zero attached hydrogens (tertiary/aromatic N) is 2. The number of benzene rings is 2. The van der Waals surface area contributed by atoms with E-state index in [1.807, 2.05) is 0 Å². The molecule has 0 aliphatic heterocycles. The molecular formula is C19H20F3N3O3S. The lowest BCUT2D eigenvalue weighted by atomic mass is 10.1. The first-order chi connectivity index (χ1) is 13.4. The van der Waals surface area contributed by atoms with E-state index < -0.39 is 34.2 Å². The number of anilines is 1. The molecule has 0 heterocycles. The summed E-state index contributed by atoms with van der Waals surface area (Å²) in [6, 6.07) is 9.94. The number of hydrogen-bond acceptors (Lipinski definition) is 4. The Morgan fingerprint density at radius 3 is 2.24 bits per heavy atom. The van der Waals surface area contributed by atoms with Crippen LogP contribution in [0.4, 0.5) is 18.9 Å². The summed E-state index contributed by atoms with van der Waals surface area (Å²) in [7, 11) is -3.79. The number of sulfonamides is 1. The van der Waals surface area contributed by atoms with Crippen molar-refractivity contribution in [3.8, 4) is 0 Å². The van der Waals surface area contributed by atoms with Gasteiger partial charge in [-0.15, -0.1) is 0 Å². The first-order valence-electron chi connectivity index (χ1n) is 8.43. The molecule has 0 radical (unpaired) electrons. The minimum atomic E-state index is -4.57. The molecule has 29 heavy (non-hydrogen) atoms. The average molecular weight is 427 g/mol. The molecule has 0 atom stereocenters. The van der Waals surface area contributed by atoms with E-state index in [9.17, 15) is 26.4 Å². The fraction of sp³-hybridized carbons (Fsp3) is 0.263. The molecule has 1 amide bonds. The van der Waals surface area contributed by atoms with E-state index in [4.69, 9.17) is 0 Å². The van der Waals surface area contributed by atoms with Gasteiger partial charge in [-0.3, -0.25) is 9.10 Å². The van der Waals surface area contributed by atoms with E-state index in [1.165, 1.54) is 18.2 Å². The molecule has 0 bridgehead atoms. The zero-order chi connectivity index (χ0) is 21.8. The van der Waals surface area contributed by atoms with Crippen LogP contribution in [0.25, 0.3) is 0 Å². The summed E-state index contributed by atoms with van der Waals surface area (Å²) in [6.45, 7) is 2.86. The van der Waals surface area contributed by atoms with Gasteiger partial charge in [0, 0.05) is 5.56 Å². The van der Waals surface area contributed by atoms with E-state index in [1.54, 1.807) is 32.0 Å². The third-order valence-corrected chi connectivity index (χ3v) is 5.15. The second-order valence-corrected chi connectivity index (χ2v) is 8.30. The van der Waals surface area contributed by atoms with E-state index in [0.717, 1.165) is 22.8 Å². The molecule has 2 aromatic rings. The van der Waals surface area contributed by atoms with Crippen molar-refractivity contribution in [2.75, 3.05) is 17.1 Å². The van der Waals surface area contributed by atoms with Crippen molar-refractivity contribution in [1.82, 2.24) is 5.43 Å². The average Bonchev–Trinajstić information content (AvgIpc) is 2.59. The molecule has 2 aromatic carbocycles. The summed E-state index contributed by atoms with van der Waals surface area (Å²) in [5, 5.41) is 3.54. The molecule has 0 aliphatic carbocycles. The molecule has 2 rings (SSSR count). The lowest BCUT2D eigenvalue weighted by molar-refractivity contribution is -0.137. The van der Waals surface area contributed by atoms with Crippen molar-refractivity contribution in [1.29, 1.82) is 0 Å². The van der Waals surface area contributed by atoms with Crippen LogP contribution in [0, 0.1) is 13.8 Å². The van der Waals surface area contributed by atoms with Gasteiger partial charge in [0.2, 0.25) is 10.0 Å². The third-order valence-electron chi connectivity index (χ3n) is 4.04. The van der Waals surface area contributed by atoms with Gasteiger partial charge in [-0.05, 0) is 31.0 Å². The van der Waals surface area contributed by atoms with Gasteiger partial charge in [-0.2, -0.15) is 18.3 Å². The lowest BCUT2D eigenvalue weighted by Crippen LogP contribution is -2.39. The lowest BCUT2D eigenvalue weighted by Gasteiger charge is -2.25. The van der Waals surface area contributed by atoms with Crippen LogP contribution in [0.5, 0.6) is 0 Å². The van der Waals surface area contributed by atoms with Crippen LogP contribution in [0.3, 0.4) is 0 Å². The van der Waals surface area contributed by atoms with Gasteiger partial charge < -0.3 is 0 Å². The highest BCUT2D eigenvalue weighted by molar-refractivity contribution is 7.92. The number of carbonyl (C=O) groups excluding carboxylic acids is 1. The molecule has 0 saturated heterocycles. The quantitative estimate of drug-likeness (QED) is 0.568. The minimum Gasteiger partial charge on any atom is -0.271 e. The number of hydrazone groups is 1. The van der Waals surface area contributed by atoms with Gasteiger partial charge in [-0.1, -0.05) is 36.4 Å². The number of halogens is 3. The zero-order valence-electron chi connectivity index (χ0n) is 16.0. The van der Waals surface area contributed by atoms with Crippen LogP contribution < -0.4 is 9.73 Å². The zero-order valence-corrected chi connectivity index (χ0v) is 16.8. The Labute approximate surface area is 167 Å². The highest BCUT2D eigenvalue weighted by Gasteiger charge is 2.32. The van der Waals surface area contributed by atoms with Crippen molar-refractivity contribution in [3.63, 3.8) is 0 Å².